The lowest BCUT2D eigenvalue weighted by Gasteiger charge is -2.12. The molecule has 0 spiro atoms. The topological polar surface area (TPSA) is 69.8 Å². The Morgan fingerprint density at radius 2 is 1.89 bits per heavy atom. The Bertz CT molecular complexity index is 704. The van der Waals surface area contributed by atoms with E-state index in [0.717, 1.165) is 31.1 Å². The van der Waals surface area contributed by atoms with Crippen molar-refractivity contribution in [3.8, 4) is 0 Å². The van der Waals surface area contributed by atoms with Crippen LogP contribution in [0.5, 0.6) is 0 Å². The lowest BCUT2D eigenvalue weighted by atomic mass is 10.1. The van der Waals surface area contributed by atoms with Gasteiger partial charge in [-0.2, -0.15) is 13.2 Å². The summed E-state index contributed by atoms with van der Waals surface area (Å²) < 4.78 is 38.8. The predicted octanol–water partition coefficient (Wildman–Crippen LogP) is 4.80. The van der Waals surface area contributed by atoms with Gasteiger partial charge in [0, 0.05) is 5.75 Å². The number of carbonyl (C=O) groups excluding carboxylic acids is 1. The minimum Gasteiger partial charge on any atom is -0.329 e. The van der Waals surface area contributed by atoms with E-state index < -0.39 is 17.6 Å². The van der Waals surface area contributed by atoms with Crippen LogP contribution in [0, 0.1) is 0 Å². The molecule has 1 heterocycles. The van der Waals surface area contributed by atoms with Crippen LogP contribution in [0.2, 0.25) is 0 Å². The Hall–Kier alpha value is -2.00. The molecule has 1 aromatic carbocycles. The number of para-hydroxylation sites is 1. The molecule has 0 aliphatic heterocycles. The monoisotopic (exact) mass is 402 g/mol. The number of carbonyl (C=O) groups is 1. The molecule has 9 heteroatoms. The predicted molar refractivity (Wildman–Crippen MR) is 103 cm³/mol. The average Bonchev–Trinajstić information content (AvgIpc) is 3.08. The number of halogens is 3. The van der Waals surface area contributed by atoms with Crippen LogP contribution in [0.4, 0.5) is 18.9 Å². The number of benzene rings is 1. The lowest BCUT2D eigenvalue weighted by molar-refractivity contribution is -0.136. The number of H-pyrrole nitrogens is 1. The van der Waals surface area contributed by atoms with E-state index in [0.29, 0.717) is 5.16 Å². The first kappa shape index (κ1) is 23.0. The van der Waals surface area contributed by atoms with Crippen LogP contribution in [0.3, 0.4) is 0 Å². The second-order valence-corrected chi connectivity index (χ2v) is 6.74. The molecule has 27 heavy (non-hydrogen) atoms. The number of rotatable bonds is 7. The van der Waals surface area contributed by atoms with Crippen molar-refractivity contribution >= 4 is 23.4 Å². The van der Waals surface area contributed by atoms with Crippen molar-refractivity contribution in [1.29, 1.82) is 0 Å². The summed E-state index contributed by atoms with van der Waals surface area (Å²) in [5, 5.41) is 5.62. The van der Waals surface area contributed by atoms with Crippen molar-refractivity contribution in [2.24, 2.45) is 0 Å². The highest BCUT2D eigenvalue weighted by molar-refractivity contribution is 7.99. The molecule has 0 unspecified atom stereocenters. The number of imidazole rings is 1. The van der Waals surface area contributed by atoms with Crippen LogP contribution < -0.4 is 10.6 Å². The molecule has 0 bridgehead atoms. The Morgan fingerprint density at radius 3 is 2.52 bits per heavy atom. The second kappa shape index (κ2) is 11.7. The highest BCUT2D eigenvalue weighted by Gasteiger charge is 2.33. The molecule has 1 amide bonds. The number of amides is 1. The van der Waals surface area contributed by atoms with Gasteiger partial charge >= 0.3 is 6.18 Å². The number of unbranched alkanes of at least 4 members (excludes halogenated alkanes) is 2. The van der Waals surface area contributed by atoms with E-state index >= 15 is 0 Å². The fourth-order valence-corrected chi connectivity index (χ4v) is 2.89. The normalized spacial score (nSPS) is 10.9. The maximum absolute atomic E-state index is 12.9. The van der Waals surface area contributed by atoms with E-state index in [1.807, 2.05) is 14.1 Å². The third-order valence-corrected chi connectivity index (χ3v) is 4.24. The van der Waals surface area contributed by atoms with Gasteiger partial charge in [0.05, 0.1) is 17.4 Å². The Balaban J connectivity index is 0.00000114. The third kappa shape index (κ3) is 8.04. The van der Waals surface area contributed by atoms with E-state index in [4.69, 9.17) is 0 Å². The number of aromatic nitrogens is 2. The van der Waals surface area contributed by atoms with Crippen LogP contribution in [0.15, 0.2) is 35.6 Å². The van der Waals surface area contributed by atoms with Gasteiger partial charge in [-0.3, -0.25) is 4.79 Å². The quantitative estimate of drug-likeness (QED) is 0.460. The molecule has 1 aromatic heterocycles. The zero-order chi connectivity index (χ0) is 20.3. The van der Waals surface area contributed by atoms with Crippen LogP contribution in [0.1, 0.15) is 42.2 Å². The summed E-state index contributed by atoms with van der Waals surface area (Å²) in [5.41, 5.74) is -1.03. The molecule has 0 aliphatic carbocycles. The molecule has 2 rings (SSSR count). The van der Waals surface area contributed by atoms with Gasteiger partial charge in [-0.1, -0.05) is 43.7 Å². The fraction of sp³-hybridized carbons (Fsp3) is 0.444. The molecule has 0 saturated carbocycles. The summed E-state index contributed by atoms with van der Waals surface area (Å²) in [6.45, 7) is 2.11. The van der Waals surface area contributed by atoms with Gasteiger partial charge in [-0.05, 0) is 32.6 Å². The van der Waals surface area contributed by atoms with Gasteiger partial charge < -0.3 is 15.6 Å². The lowest BCUT2D eigenvalue weighted by Crippen LogP contribution is -2.16. The number of thioether (sulfide) groups is 1. The summed E-state index contributed by atoms with van der Waals surface area (Å²) in [7, 11) is 3.75. The molecule has 3 N–H and O–H groups in total. The van der Waals surface area contributed by atoms with Crippen molar-refractivity contribution in [1.82, 2.24) is 15.3 Å². The van der Waals surface area contributed by atoms with Crippen molar-refractivity contribution in [3.05, 3.63) is 41.7 Å². The van der Waals surface area contributed by atoms with Crippen LogP contribution >= 0.6 is 11.8 Å². The van der Waals surface area contributed by atoms with Crippen LogP contribution in [0.25, 0.3) is 0 Å². The van der Waals surface area contributed by atoms with Gasteiger partial charge in [0.1, 0.15) is 5.69 Å². The first-order chi connectivity index (χ1) is 12.8. The molecular weight excluding hydrogens is 377 g/mol. The molecule has 150 valence electrons. The number of nitrogens with zero attached hydrogens (tertiary/aromatic N) is 1. The number of alkyl halides is 3. The molecular formula is C18H25F3N4OS. The summed E-state index contributed by atoms with van der Waals surface area (Å²) in [6.07, 6.45) is 0.0778. The summed E-state index contributed by atoms with van der Waals surface area (Å²) in [4.78, 5) is 19.0. The van der Waals surface area contributed by atoms with Gasteiger partial charge in [0.2, 0.25) is 0 Å². The first-order valence-electron chi connectivity index (χ1n) is 8.57. The summed E-state index contributed by atoms with van der Waals surface area (Å²) in [6, 6.07) is 4.86. The summed E-state index contributed by atoms with van der Waals surface area (Å²) >= 11 is 1.49. The van der Waals surface area contributed by atoms with E-state index in [-0.39, 0.29) is 11.4 Å². The van der Waals surface area contributed by atoms with Crippen molar-refractivity contribution < 1.29 is 18.0 Å². The fourth-order valence-electron chi connectivity index (χ4n) is 2.04. The number of anilines is 1. The molecule has 0 saturated heterocycles. The zero-order valence-electron chi connectivity index (χ0n) is 15.6. The maximum Gasteiger partial charge on any atom is 0.418 e. The Labute approximate surface area is 161 Å². The number of hydrogen-bond acceptors (Lipinski definition) is 4. The van der Waals surface area contributed by atoms with Crippen molar-refractivity contribution in [2.75, 3.05) is 25.2 Å². The number of aromatic amines is 1. The second-order valence-electron chi connectivity index (χ2n) is 5.66. The number of hydrogen-bond donors (Lipinski definition) is 3. The number of nitrogens with one attached hydrogen (secondary N) is 3. The van der Waals surface area contributed by atoms with E-state index in [2.05, 4.69) is 27.5 Å². The Kier molecular flexibility index (Phi) is 9.95. The van der Waals surface area contributed by atoms with Crippen LogP contribution in [-0.2, 0) is 6.18 Å². The molecule has 5 nitrogen and oxygen atoms in total. The van der Waals surface area contributed by atoms with Gasteiger partial charge in [-0.15, -0.1) is 0 Å². The van der Waals surface area contributed by atoms with E-state index in [9.17, 15) is 18.0 Å². The van der Waals surface area contributed by atoms with E-state index in [1.54, 1.807) is 0 Å². The summed E-state index contributed by atoms with van der Waals surface area (Å²) in [5.74, 6) is 0.221. The van der Waals surface area contributed by atoms with Crippen molar-refractivity contribution in [3.63, 3.8) is 0 Å². The minimum absolute atomic E-state index is 0.130. The molecule has 2 aromatic rings. The maximum atomic E-state index is 12.9. The van der Waals surface area contributed by atoms with Gasteiger partial charge in [0.25, 0.3) is 5.91 Å². The third-order valence-electron chi connectivity index (χ3n) is 3.26. The zero-order valence-corrected chi connectivity index (χ0v) is 16.4. The average molecular weight is 402 g/mol. The van der Waals surface area contributed by atoms with Crippen LogP contribution in [-0.4, -0.2) is 35.7 Å². The highest BCUT2D eigenvalue weighted by Crippen LogP contribution is 2.34. The Morgan fingerprint density at radius 1 is 1.22 bits per heavy atom. The molecule has 0 atom stereocenters. The standard InChI is InChI=1S/C16H18F3N3OS.C2H7N/c1-2-3-6-9-24-15-20-10-13(22-15)14(23)21-12-8-5-4-7-11(12)16(17,18)19;1-3-2/h4-5,7-8,10H,2-3,6,9H2,1H3,(H,20,22)(H,21,23);3H,1-2H3. The molecule has 0 radical (unpaired) electrons. The molecule has 0 fully saturated rings. The van der Waals surface area contributed by atoms with Gasteiger partial charge in [-0.25, -0.2) is 4.98 Å². The molecule has 0 aliphatic rings. The van der Waals surface area contributed by atoms with Crippen molar-refractivity contribution in [2.45, 2.75) is 37.5 Å². The van der Waals surface area contributed by atoms with E-state index in [1.165, 1.54) is 36.2 Å². The minimum atomic E-state index is -4.53. The highest BCUT2D eigenvalue weighted by atomic mass is 32.2. The smallest absolute Gasteiger partial charge is 0.329 e. The largest absolute Gasteiger partial charge is 0.418 e. The van der Waals surface area contributed by atoms with Gasteiger partial charge in [0.15, 0.2) is 5.16 Å². The first-order valence-corrected chi connectivity index (χ1v) is 9.55. The SMILES string of the molecule is CCCCCSc1ncc(C(=O)Nc2ccccc2C(F)(F)F)[nH]1.CNC.